The lowest BCUT2D eigenvalue weighted by atomic mass is 9.71. The first-order valence-electron chi connectivity index (χ1n) is 9.86. The van der Waals surface area contributed by atoms with Gasteiger partial charge in [-0.25, -0.2) is 13.8 Å². The number of aromatic nitrogens is 2. The molecule has 0 unspecified atom stereocenters. The molecule has 1 saturated heterocycles. The van der Waals surface area contributed by atoms with Gasteiger partial charge in [0, 0.05) is 31.0 Å². The van der Waals surface area contributed by atoms with Crippen LogP contribution < -0.4 is 10.2 Å². The number of rotatable bonds is 3. The van der Waals surface area contributed by atoms with E-state index in [0.717, 1.165) is 12.1 Å². The molecule has 1 aromatic carbocycles. The highest BCUT2D eigenvalue weighted by molar-refractivity contribution is 6.34. The third-order valence-corrected chi connectivity index (χ3v) is 6.47. The molecule has 0 atom stereocenters. The highest BCUT2D eigenvalue weighted by atomic mass is 35.5. The van der Waals surface area contributed by atoms with Gasteiger partial charge in [0.1, 0.15) is 5.69 Å². The van der Waals surface area contributed by atoms with E-state index < -0.39 is 17.0 Å². The molecule has 1 aromatic heterocycles. The molecule has 2 aliphatic rings. The lowest BCUT2D eigenvalue weighted by molar-refractivity contribution is -0.127. The van der Waals surface area contributed by atoms with Gasteiger partial charge in [0.15, 0.2) is 11.6 Å². The fourth-order valence-corrected chi connectivity index (χ4v) is 4.68. The zero-order valence-corrected chi connectivity index (χ0v) is 17.2. The predicted octanol–water partition coefficient (Wildman–Crippen LogP) is 3.81. The topological polar surface area (TPSA) is 75.2 Å². The van der Waals surface area contributed by atoms with Crippen LogP contribution in [-0.2, 0) is 4.79 Å². The Balaban J connectivity index is 1.42. The summed E-state index contributed by atoms with van der Waals surface area (Å²) in [6.07, 6.45) is 6.14. The van der Waals surface area contributed by atoms with E-state index in [1.165, 1.54) is 17.3 Å². The van der Waals surface area contributed by atoms with Crippen LogP contribution in [-0.4, -0.2) is 34.4 Å². The fraction of sp³-hybridized carbons (Fsp3) is 0.429. The van der Waals surface area contributed by atoms with Gasteiger partial charge >= 0.3 is 0 Å². The molecule has 6 nitrogen and oxygen atoms in total. The average Bonchev–Trinajstić information content (AvgIpc) is 3.03. The molecule has 1 N–H and O–H groups in total. The fourth-order valence-electron chi connectivity index (χ4n) is 4.43. The molecule has 4 rings (SSSR count). The van der Waals surface area contributed by atoms with Crippen molar-refractivity contribution in [2.75, 3.05) is 11.4 Å². The molecule has 1 aliphatic heterocycles. The van der Waals surface area contributed by atoms with Crippen LogP contribution in [0, 0.1) is 24.0 Å². The molecule has 1 spiro atoms. The van der Waals surface area contributed by atoms with Gasteiger partial charge in [-0.2, -0.15) is 0 Å². The molecule has 2 heterocycles. The molecule has 2 fully saturated rings. The summed E-state index contributed by atoms with van der Waals surface area (Å²) in [5, 5.41) is 3.00. The molecule has 1 aliphatic carbocycles. The number of aryl methyl sites for hydroxylation is 1. The monoisotopic (exact) mass is 434 g/mol. The highest BCUT2D eigenvalue weighted by Crippen LogP contribution is 2.47. The van der Waals surface area contributed by atoms with Gasteiger partial charge < -0.3 is 10.2 Å². The first-order valence-corrected chi connectivity index (χ1v) is 10.2. The molecule has 0 radical (unpaired) electrons. The number of amides is 2. The first-order chi connectivity index (χ1) is 14.3. The van der Waals surface area contributed by atoms with E-state index in [1.54, 1.807) is 6.92 Å². The number of nitrogens with zero attached hydrogens (tertiary/aromatic N) is 3. The van der Waals surface area contributed by atoms with Crippen molar-refractivity contribution in [2.45, 2.75) is 45.1 Å². The third-order valence-electron chi connectivity index (χ3n) is 6.17. The minimum absolute atomic E-state index is 0.0135. The van der Waals surface area contributed by atoms with Crippen LogP contribution >= 0.6 is 11.6 Å². The maximum atomic E-state index is 13.7. The summed E-state index contributed by atoms with van der Waals surface area (Å²) in [5.74, 6) is -2.46. The molecular formula is C21H21ClF2N4O2. The number of carbonyl (C=O) groups is 2. The molecule has 2 aromatic rings. The van der Waals surface area contributed by atoms with E-state index in [0.29, 0.717) is 50.0 Å². The van der Waals surface area contributed by atoms with Crippen molar-refractivity contribution in [1.29, 1.82) is 0 Å². The van der Waals surface area contributed by atoms with Gasteiger partial charge in [-0.3, -0.25) is 14.6 Å². The Labute approximate surface area is 177 Å². The zero-order valence-electron chi connectivity index (χ0n) is 16.4. The summed E-state index contributed by atoms with van der Waals surface area (Å²) in [6, 6.07) is 1.81. The summed E-state index contributed by atoms with van der Waals surface area (Å²) < 4.78 is 27.1. The van der Waals surface area contributed by atoms with Crippen molar-refractivity contribution in [3.63, 3.8) is 0 Å². The van der Waals surface area contributed by atoms with Crippen molar-refractivity contribution in [1.82, 2.24) is 15.3 Å². The van der Waals surface area contributed by atoms with Crippen molar-refractivity contribution in [3.05, 3.63) is 52.6 Å². The number of carbonyl (C=O) groups excluding carboxylic acids is 2. The van der Waals surface area contributed by atoms with Crippen LogP contribution in [0.1, 0.15) is 48.3 Å². The summed E-state index contributed by atoms with van der Waals surface area (Å²) in [6.45, 7) is 2.13. The van der Waals surface area contributed by atoms with Crippen LogP contribution in [0.5, 0.6) is 0 Å². The van der Waals surface area contributed by atoms with Gasteiger partial charge in [-0.15, -0.1) is 0 Å². The molecule has 9 heteroatoms. The summed E-state index contributed by atoms with van der Waals surface area (Å²) in [7, 11) is 0. The zero-order chi connectivity index (χ0) is 21.5. The van der Waals surface area contributed by atoms with Crippen molar-refractivity contribution in [2.24, 2.45) is 5.41 Å². The normalized spacial score (nSPS) is 23.8. The maximum absolute atomic E-state index is 13.7. The standard InChI is InChI=1S/C21H21ClF2N4O2/c1-12-18(26-8-7-25-12)19(29)27-13-2-4-21(5-3-13)6-9-28(20(21)30)17-11-16(24)15(23)10-14(17)22/h7-8,10-11,13H,2-6,9H2,1H3,(H,27,29)/t13-,21-. The number of benzene rings is 1. The predicted molar refractivity (Wildman–Crippen MR) is 107 cm³/mol. The SMILES string of the molecule is Cc1nccnc1C(=O)N[C@H]1CC[C@@]2(CCN(c3cc(F)c(F)cc3Cl)C2=O)CC1. The third kappa shape index (κ3) is 3.64. The minimum Gasteiger partial charge on any atom is -0.348 e. The number of anilines is 1. The Morgan fingerprint density at radius 3 is 2.53 bits per heavy atom. The van der Waals surface area contributed by atoms with Crippen LogP contribution in [0.25, 0.3) is 0 Å². The minimum atomic E-state index is -1.04. The Hall–Kier alpha value is -2.61. The summed E-state index contributed by atoms with van der Waals surface area (Å²) in [5.41, 5.74) is 0.505. The van der Waals surface area contributed by atoms with Crippen LogP contribution in [0.3, 0.4) is 0 Å². The molecule has 0 bridgehead atoms. The number of nitrogens with one attached hydrogen (secondary N) is 1. The van der Waals surface area contributed by atoms with Gasteiger partial charge in [0.25, 0.3) is 5.91 Å². The van der Waals surface area contributed by atoms with E-state index in [9.17, 15) is 18.4 Å². The number of halogens is 3. The van der Waals surface area contributed by atoms with E-state index >= 15 is 0 Å². The maximum Gasteiger partial charge on any atom is 0.271 e. The lowest BCUT2D eigenvalue weighted by Gasteiger charge is -2.36. The van der Waals surface area contributed by atoms with Crippen LogP contribution in [0.2, 0.25) is 5.02 Å². The van der Waals surface area contributed by atoms with Crippen molar-refractivity contribution in [3.8, 4) is 0 Å². The second-order valence-corrected chi connectivity index (χ2v) is 8.35. The Morgan fingerprint density at radius 2 is 1.83 bits per heavy atom. The molecule has 30 heavy (non-hydrogen) atoms. The van der Waals surface area contributed by atoms with Gasteiger partial charge in [-0.05, 0) is 45.1 Å². The number of hydrogen-bond donors (Lipinski definition) is 1. The largest absolute Gasteiger partial charge is 0.348 e. The lowest BCUT2D eigenvalue weighted by Crippen LogP contribution is -2.44. The summed E-state index contributed by atoms with van der Waals surface area (Å²) in [4.78, 5) is 35.3. The molecular weight excluding hydrogens is 414 g/mol. The quantitative estimate of drug-likeness (QED) is 0.745. The Bertz CT molecular complexity index is 1010. The van der Waals surface area contributed by atoms with E-state index in [1.807, 2.05) is 0 Å². The van der Waals surface area contributed by atoms with Crippen molar-refractivity contribution < 1.29 is 18.4 Å². The smallest absolute Gasteiger partial charge is 0.271 e. The van der Waals surface area contributed by atoms with Gasteiger partial charge in [-0.1, -0.05) is 11.6 Å². The Kier molecular flexibility index (Phi) is 5.44. The summed E-state index contributed by atoms with van der Waals surface area (Å²) >= 11 is 6.07. The van der Waals surface area contributed by atoms with E-state index in [-0.39, 0.29) is 28.6 Å². The average molecular weight is 435 g/mol. The number of hydrogen-bond acceptors (Lipinski definition) is 4. The van der Waals surface area contributed by atoms with Crippen LogP contribution in [0.15, 0.2) is 24.5 Å². The van der Waals surface area contributed by atoms with Crippen LogP contribution in [0.4, 0.5) is 14.5 Å². The first kappa shape index (κ1) is 20.7. The molecule has 158 valence electrons. The molecule has 1 saturated carbocycles. The van der Waals surface area contributed by atoms with E-state index in [4.69, 9.17) is 11.6 Å². The van der Waals surface area contributed by atoms with Gasteiger partial charge in [0.05, 0.1) is 21.8 Å². The van der Waals surface area contributed by atoms with E-state index in [2.05, 4.69) is 15.3 Å². The second-order valence-electron chi connectivity index (χ2n) is 7.94. The van der Waals surface area contributed by atoms with Crippen molar-refractivity contribution >= 4 is 29.1 Å². The highest BCUT2D eigenvalue weighted by Gasteiger charge is 2.49. The second kappa shape index (κ2) is 7.91. The Morgan fingerprint density at radius 1 is 1.17 bits per heavy atom. The molecule has 2 amide bonds. The van der Waals surface area contributed by atoms with Gasteiger partial charge in [0.2, 0.25) is 5.91 Å².